The summed E-state index contributed by atoms with van der Waals surface area (Å²) in [6.45, 7) is 0. The average molecular weight is 476 g/mol. The van der Waals surface area contributed by atoms with Crippen LogP contribution in [0.2, 0.25) is 0 Å². The molecule has 0 spiro atoms. The minimum Gasteiger partial charge on any atom is -0.496 e. The Morgan fingerprint density at radius 1 is 0.886 bits per heavy atom. The Bertz CT molecular complexity index is 1250. The van der Waals surface area contributed by atoms with Crippen LogP contribution in [0.4, 0.5) is 11.4 Å². The Labute approximate surface area is 205 Å². The highest BCUT2D eigenvalue weighted by Gasteiger charge is 2.51. The number of H-pyrrole nitrogens is 1. The molecule has 7 rings (SSSR count). The molecular weight excluding hydrogens is 442 g/mol. The van der Waals surface area contributed by atoms with E-state index in [1.54, 1.807) is 33.5 Å². The first kappa shape index (κ1) is 22.1. The van der Waals surface area contributed by atoms with Gasteiger partial charge in [-0.05, 0) is 74.5 Å². The second-order valence-electron chi connectivity index (χ2n) is 10.6. The fraction of sp³-hybridized carbons (Fsp3) is 0.464. The zero-order chi connectivity index (χ0) is 24.2. The van der Waals surface area contributed by atoms with Crippen molar-refractivity contribution in [3.05, 3.63) is 42.1 Å². The molecule has 3 N–H and O–H groups in total. The van der Waals surface area contributed by atoms with Gasteiger partial charge in [0, 0.05) is 17.0 Å². The van der Waals surface area contributed by atoms with Crippen LogP contribution in [0.1, 0.15) is 49.0 Å². The molecule has 4 bridgehead atoms. The van der Waals surface area contributed by atoms with E-state index < -0.39 is 0 Å². The third-order valence-corrected chi connectivity index (χ3v) is 8.30. The van der Waals surface area contributed by atoms with E-state index in [1.165, 1.54) is 38.5 Å². The fourth-order valence-corrected chi connectivity index (χ4v) is 7.30. The number of amides is 1. The molecule has 4 aliphatic rings. The molecule has 0 unspecified atom stereocenters. The van der Waals surface area contributed by atoms with Gasteiger partial charge in [-0.15, -0.1) is 0 Å². The molecule has 1 heterocycles. The van der Waals surface area contributed by atoms with E-state index in [2.05, 4.69) is 21.7 Å². The average Bonchev–Trinajstić information content (AvgIpc) is 3.28. The third kappa shape index (κ3) is 3.77. The molecule has 0 saturated heterocycles. The van der Waals surface area contributed by atoms with Crippen molar-refractivity contribution in [2.75, 3.05) is 32.0 Å². The van der Waals surface area contributed by atoms with E-state index >= 15 is 0 Å². The van der Waals surface area contributed by atoms with E-state index in [1.807, 2.05) is 18.2 Å². The maximum Gasteiger partial charge on any atom is 0.272 e. The molecule has 35 heavy (non-hydrogen) atoms. The highest BCUT2D eigenvalue weighted by molar-refractivity contribution is 6.09. The van der Waals surface area contributed by atoms with Gasteiger partial charge in [0.05, 0.1) is 38.2 Å². The quantitative estimate of drug-likeness (QED) is 0.401. The van der Waals surface area contributed by atoms with Gasteiger partial charge in [-0.3, -0.25) is 4.79 Å². The van der Waals surface area contributed by atoms with Crippen LogP contribution in [0.3, 0.4) is 0 Å². The van der Waals surface area contributed by atoms with Crippen molar-refractivity contribution < 1.29 is 19.0 Å². The Morgan fingerprint density at radius 2 is 1.51 bits per heavy atom. The van der Waals surface area contributed by atoms with Gasteiger partial charge in [0.15, 0.2) is 11.5 Å². The highest BCUT2D eigenvalue weighted by atomic mass is 16.5. The molecule has 184 valence electrons. The van der Waals surface area contributed by atoms with Gasteiger partial charge in [-0.1, -0.05) is 12.1 Å². The number of aromatic amines is 1. The standard InChI is InChI=1S/C28H33N3O4/c1-33-23-12-24(34-2)26(35-3)25-19(23)11-22(29-25)27(32)30-20-6-4-5-7-21(20)31-28-13-16-8-17(14-28)10-18(9-16)15-28/h4-7,11-12,16-18,29,31H,8-10,13-15H2,1-3H3,(H,30,32). The Balaban J connectivity index is 1.29. The smallest absolute Gasteiger partial charge is 0.272 e. The normalized spacial score (nSPS) is 26.5. The summed E-state index contributed by atoms with van der Waals surface area (Å²) in [6.07, 6.45) is 7.92. The molecular formula is C28H33N3O4. The molecule has 4 saturated carbocycles. The number of aromatic nitrogens is 1. The summed E-state index contributed by atoms with van der Waals surface area (Å²) < 4.78 is 16.5. The van der Waals surface area contributed by atoms with Crippen molar-refractivity contribution in [3.8, 4) is 17.2 Å². The third-order valence-electron chi connectivity index (χ3n) is 8.30. The van der Waals surface area contributed by atoms with Crippen LogP contribution < -0.4 is 24.8 Å². The van der Waals surface area contributed by atoms with Crippen molar-refractivity contribution in [2.45, 2.75) is 44.1 Å². The molecule has 0 radical (unpaired) electrons. The number of benzene rings is 2. The van der Waals surface area contributed by atoms with Crippen LogP contribution >= 0.6 is 0 Å². The lowest BCUT2D eigenvalue weighted by atomic mass is 9.53. The maximum atomic E-state index is 13.4. The monoisotopic (exact) mass is 475 g/mol. The summed E-state index contributed by atoms with van der Waals surface area (Å²) in [7, 11) is 4.75. The number of fused-ring (bicyclic) bond motifs is 1. The second-order valence-corrected chi connectivity index (χ2v) is 10.6. The van der Waals surface area contributed by atoms with Gasteiger partial charge in [-0.2, -0.15) is 0 Å². The van der Waals surface area contributed by atoms with Gasteiger partial charge >= 0.3 is 0 Å². The van der Waals surface area contributed by atoms with Crippen LogP contribution in [0.25, 0.3) is 10.9 Å². The molecule has 3 aromatic rings. The van der Waals surface area contributed by atoms with Crippen molar-refractivity contribution in [1.29, 1.82) is 0 Å². The first-order valence-electron chi connectivity index (χ1n) is 12.5. The van der Waals surface area contributed by atoms with Crippen LogP contribution in [-0.2, 0) is 0 Å². The number of rotatable bonds is 7. The fourth-order valence-electron chi connectivity index (χ4n) is 7.30. The van der Waals surface area contributed by atoms with Gasteiger partial charge < -0.3 is 29.8 Å². The molecule has 1 amide bonds. The molecule has 0 aliphatic heterocycles. The van der Waals surface area contributed by atoms with E-state index in [-0.39, 0.29) is 11.4 Å². The number of para-hydroxylation sites is 2. The largest absolute Gasteiger partial charge is 0.496 e. The van der Waals surface area contributed by atoms with E-state index in [0.29, 0.717) is 28.5 Å². The SMILES string of the molecule is COc1cc(OC)c2cc(C(=O)Nc3ccccc3NC34CC5CC(CC(C5)C3)C4)[nH]c2c1OC. The van der Waals surface area contributed by atoms with Gasteiger partial charge in [0.25, 0.3) is 5.91 Å². The molecule has 7 heteroatoms. The van der Waals surface area contributed by atoms with Gasteiger partial charge in [0.1, 0.15) is 11.4 Å². The first-order valence-corrected chi connectivity index (χ1v) is 12.5. The van der Waals surface area contributed by atoms with Crippen molar-refractivity contribution in [3.63, 3.8) is 0 Å². The van der Waals surface area contributed by atoms with Crippen molar-refractivity contribution in [2.24, 2.45) is 17.8 Å². The van der Waals surface area contributed by atoms with Crippen LogP contribution in [0, 0.1) is 17.8 Å². The first-order chi connectivity index (χ1) is 17.0. The van der Waals surface area contributed by atoms with E-state index in [4.69, 9.17) is 14.2 Å². The van der Waals surface area contributed by atoms with E-state index in [9.17, 15) is 4.79 Å². The molecule has 0 atom stereocenters. The lowest BCUT2D eigenvalue weighted by Gasteiger charge is -2.57. The number of carbonyl (C=O) groups is 1. The predicted molar refractivity (Wildman–Crippen MR) is 137 cm³/mol. The number of anilines is 2. The van der Waals surface area contributed by atoms with Gasteiger partial charge in [-0.25, -0.2) is 0 Å². The Hall–Kier alpha value is -3.35. The van der Waals surface area contributed by atoms with Crippen molar-refractivity contribution in [1.82, 2.24) is 4.98 Å². The molecule has 4 fully saturated rings. The molecule has 7 nitrogen and oxygen atoms in total. The Kier molecular flexibility index (Phi) is 5.31. The highest BCUT2D eigenvalue weighted by Crippen LogP contribution is 2.57. The van der Waals surface area contributed by atoms with Crippen LogP contribution in [-0.4, -0.2) is 37.8 Å². The number of hydrogen-bond donors (Lipinski definition) is 3. The number of nitrogens with one attached hydrogen (secondary N) is 3. The second kappa shape index (κ2) is 8.40. The topological polar surface area (TPSA) is 84.6 Å². The lowest BCUT2D eigenvalue weighted by Crippen LogP contribution is -2.54. The van der Waals surface area contributed by atoms with E-state index in [0.717, 1.165) is 34.5 Å². The summed E-state index contributed by atoms with van der Waals surface area (Å²) in [5.74, 6) is 4.01. The van der Waals surface area contributed by atoms with Crippen LogP contribution in [0.15, 0.2) is 36.4 Å². The van der Waals surface area contributed by atoms with Gasteiger partial charge in [0.2, 0.25) is 0 Å². The minimum atomic E-state index is -0.218. The Morgan fingerprint density at radius 3 is 2.11 bits per heavy atom. The number of methoxy groups -OCH3 is 3. The summed E-state index contributed by atoms with van der Waals surface area (Å²) >= 11 is 0. The lowest BCUT2D eigenvalue weighted by molar-refractivity contribution is 0.0107. The summed E-state index contributed by atoms with van der Waals surface area (Å²) in [4.78, 5) is 16.6. The molecule has 4 aliphatic carbocycles. The maximum absolute atomic E-state index is 13.4. The molecule has 1 aromatic heterocycles. The minimum absolute atomic E-state index is 0.161. The summed E-state index contributed by atoms with van der Waals surface area (Å²) in [6, 6.07) is 11.6. The number of ether oxygens (including phenoxy) is 3. The molecule has 2 aromatic carbocycles. The van der Waals surface area contributed by atoms with Crippen LogP contribution in [0.5, 0.6) is 17.2 Å². The summed E-state index contributed by atoms with van der Waals surface area (Å²) in [5, 5.41) is 7.80. The predicted octanol–water partition coefficient (Wildman–Crippen LogP) is 5.83. The zero-order valence-electron chi connectivity index (χ0n) is 20.6. The van der Waals surface area contributed by atoms with Crippen molar-refractivity contribution >= 4 is 28.2 Å². The summed E-state index contributed by atoms with van der Waals surface area (Å²) in [5.41, 5.74) is 3.04. The zero-order valence-corrected chi connectivity index (χ0v) is 20.6. The number of hydrogen-bond acceptors (Lipinski definition) is 5. The number of carbonyl (C=O) groups excluding carboxylic acids is 1.